The van der Waals surface area contributed by atoms with Crippen LogP contribution in [0.15, 0.2) is 54.6 Å². The quantitative estimate of drug-likeness (QED) is 0.772. The van der Waals surface area contributed by atoms with Gasteiger partial charge in [0.2, 0.25) is 0 Å². The van der Waals surface area contributed by atoms with Crippen molar-refractivity contribution in [3.63, 3.8) is 0 Å². The lowest BCUT2D eigenvalue weighted by molar-refractivity contribution is 0.131. The average molecular weight is 338 g/mol. The average Bonchev–Trinajstić information content (AvgIpc) is 2.58. The molecule has 1 aliphatic rings. The third-order valence-electron chi connectivity index (χ3n) is 4.63. The maximum Gasteiger partial charge on any atom is 0.120 e. The van der Waals surface area contributed by atoms with E-state index in [-0.39, 0.29) is 5.60 Å². The van der Waals surface area contributed by atoms with E-state index >= 15 is 0 Å². The van der Waals surface area contributed by atoms with Crippen molar-refractivity contribution in [2.24, 2.45) is 0 Å². The molecule has 0 unspecified atom stereocenters. The van der Waals surface area contributed by atoms with Crippen LogP contribution in [0.4, 0.5) is 11.4 Å². The molecule has 0 amide bonds. The van der Waals surface area contributed by atoms with Crippen LogP contribution in [0.1, 0.15) is 33.6 Å². The molecule has 1 heterocycles. The number of rotatable bonds is 4. The van der Waals surface area contributed by atoms with E-state index in [4.69, 9.17) is 4.74 Å². The minimum absolute atomic E-state index is 0.172. The summed E-state index contributed by atoms with van der Waals surface area (Å²) in [5, 5.41) is 0. The summed E-state index contributed by atoms with van der Waals surface area (Å²) in [5.74, 6) is 0.924. The summed E-state index contributed by atoms with van der Waals surface area (Å²) in [7, 11) is 2.21. The predicted octanol–water partition coefficient (Wildman–Crippen LogP) is 5.10. The first kappa shape index (κ1) is 17.8. The maximum atomic E-state index is 5.98. The van der Waals surface area contributed by atoms with Gasteiger partial charge >= 0.3 is 0 Å². The molecule has 0 radical (unpaired) electrons. The Morgan fingerprint density at radius 3 is 2.00 bits per heavy atom. The monoisotopic (exact) mass is 338 g/mol. The summed E-state index contributed by atoms with van der Waals surface area (Å²) in [5.41, 5.74) is 2.33. The van der Waals surface area contributed by atoms with Gasteiger partial charge in [-0.1, -0.05) is 18.2 Å². The zero-order chi connectivity index (χ0) is 17.9. The molecule has 1 saturated heterocycles. The Labute approximate surface area is 152 Å². The fourth-order valence-electron chi connectivity index (χ4n) is 3.44. The molecule has 1 aliphatic heterocycles. The molecular weight excluding hydrogens is 308 g/mol. The Hall–Kier alpha value is -2.00. The third-order valence-corrected chi connectivity index (χ3v) is 4.63. The van der Waals surface area contributed by atoms with Gasteiger partial charge in [-0.2, -0.15) is 0 Å². The zero-order valence-electron chi connectivity index (χ0n) is 15.9. The molecule has 0 bridgehead atoms. The van der Waals surface area contributed by atoms with Gasteiger partial charge < -0.3 is 14.5 Å². The van der Waals surface area contributed by atoms with Crippen LogP contribution in [0.3, 0.4) is 0 Å². The summed E-state index contributed by atoms with van der Waals surface area (Å²) >= 11 is 0. The standard InChI is InChI=1S/C22H30N2O/c1-22(2,3)25-21-12-10-19(11-13-21)24(18-8-6-5-7-9-18)20-14-16-23(4)17-15-20/h5-13,20H,14-17H2,1-4H3. The van der Waals surface area contributed by atoms with E-state index in [1.807, 2.05) is 0 Å². The molecule has 0 saturated carbocycles. The fourth-order valence-corrected chi connectivity index (χ4v) is 3.44. The van der Waals surface area contributed by atoms with Crippen LogP contribution in [0.25, 0.3) is 0 Å². The zero-order valence-corrected chi connectivity index (χ0v) is 15.9. The molecule has 3 heteroatoms. The summed E-state index contributed by atoms with van der Waals surface area (Å²) in [4.78, 5) is 4.91. The highest BCUT2D eigenvalue weighted by atomic mass is 16.5. The number of ether oxygens (including phenoxy) is 1. The second-order valence-electron chi connectivity index (χ2n) is 7.95. The topological polar surface area (TPSA) is 15.7 Å². The highest BCUT2D eigenvalue weighted by Crippen LogP contribution is 2.33. The molecule has 134 valence electrons. The molecule has 2 aromatic rings. The molecule has 3 nitrogen and oxygen atoms in total. The number of piperidine rings is 1. The van der Waals surface area contributed by atoms with Crippen LogP contribution in [-0.4, -0.2) is 36.7 Å². The van der Waals surface area contributed by atoms with Gasteiger partial charge in [-0.3, -0.25) is 0 Å². The van der Waals surface area contributed by atoms with Gasteiger partial charge in [-0.05, 0) is 90.1 Å². The Morgan fingerprint density at radius 1 is 0.880 bits per heavy atom. The van der Waals surface area contributed by atoms with Crippen LogP contribution in [0.2, 0.25) is 0 Å². The fraction of sp³-hybridized carbons (Fsp3) is 0.455. The van der Waals surface area contributed by atoms with E-state index in [2.05, 4.69) is 92.2 Å². The second kappa shape index (κ2) is 7.49. The maximum absolute atomic E-state index is 5.98. The van der Waals surface area contributed by atoms with Crippen molar-refractivity contribution in [3.05, 3.63) is 54.6 Å². The van der Waals surface area contributed by atoms with Gasteiger partial charge in [0.15, 0.2) is 0 Å². The summed E-state index contributed by atoms with van der Waals surface area (Å²) in [6.45, 7) is 8.54. The largest absolute Gasteiger partial charge is 0.488 e. The van der Waals surface area contributed by atoms with Crippen LogP contribution < -0.4 is 9.64 Å². The van der Waals surface area contributed by atoms with Gasteiger partial charge in [0.05, 0.1) is 0 Å². The number of benzene rings is 2. The lowest BCUT2D eigenvalue weighted by atomic mass is 10.0. The lowest BCUT2D eigenvalue weighted by Gasteiger charge is -2.39. The molecule has 2 aromatic carbocycles. The van der Waals surface area contributed by atoms with Gasteiger partial charge in [0.25, 0.3) is 0 Å². The van der Waals surface area contributed by atoms with Gasteiger partial charge in [-0.25, -0.2) is 0 Å². The normalized spacial score (nSPS) is 16.6. The van der Waals surface area contributed by atoms with E-state index in [1.165, 1.54) is 24.2 Å². The summed E-state index contributed by atoms with van der Waals surface area (Å²) in [6.07, 6.45) is 2.37. The van der Waals surface area contributed by atoms with Gasteiger partial charge in [0.1, 0.15) is 11.4 Å². The number of likely N-dealkylation sites (tertiary alicyclic amines) is 1. The van der Waals surface area contributed by atoms with Crippen LogP contribution in [0.5, 0.6) is 5.75 Å². The Balaban J connectivity index is 1.86. The van der Waals surface area contributed by atoms with Crippen molar-refractivity contribution in [1.29, 1.82) is 0 Å². The minimum Gasteiger partial charge on any atom is -0.488 e. The Bertz CT molecular complexity index is 653. The highest BCUT2D eigenvalue weighted by Gasteiger charge is 2.25. The van der Waals surface area contributed by atoms with Gasteiger partial charge in [0, 0.05) is 17.4 Å². The highest BCUT2D eigenvalue weighted by molar-refractivity contribution is 5.64. The SMILES string of the molecule is CN1CCC(N(c2ccccc2)c2ccc(OC(C)(C)C)cc2)CC1. The third kappa shape index (κ3) is 4.76. The second-order valence-corrected chi connectivity index (χ2v) is 7.95. The van der Waals surface area contributed by atoms with Crippen LogP contribution >= 0.6 is 0 Å². The molecule has 0 aliphatic carbocycles. The van der Waals surface area contributed by atoms with Crippen molar-refractivity contribution in [2.75, 3.05) is 25.0 Å². The van der Waals surface area contributed by atoms with Crippen molar-refractivity contribution in [1.82, 2.24) is 4.90 Å². The molecule has 3 rings (SSSR count). The predicted molar refractivity (Wildman–Crippen MR) is 106 cm³/mol. The van der Waals surface area contributed by atoms with E-state index in [0.717, 1.165) is 18.8 Å². The summed E-state index contributed by atoms with van der Waals surface area (Å²) in [6, 6.07) is 19.8. The van der Waals surface area contributed by atoms with Crippen molar-refractivity contribution < 1.29 is 4.74 Å². The first-order chi connectivity index (χ1) is 11.9. The first-order valence-electron chi connectivity index (χ1n) is 9.24. The molecule has 0 N–H and O–H groups in total. The van der Waals surface area contributed by atoms with E-state index in [0.29, 0.717) is 6.04 Å². The lowest BCUT2D eigenvalue weighted by Crippen LogP contribution is -2.41. The van der Waals surface area contributed by atoms with Crippen molar-refractivity contribution in [2.45, 2.75) is 45.3 Å². The van der Waals surface area contributed by atoms with Crippen molar-refractivity contribution >= 4 is 11.4 Å². The Morgan fingerprint density at radius 2 is 1.44 bits per heavy atom. The Kier molecular flexibility index (Phi) is 5.33. The molecule has 0 spiro atoms. The smallest absolute Gasteiger partial charge is 0.120 e. The summed E-state index contributed by atoms with van der Waals surface area (Å²) < 4.78 is 5.98. The van der Waals surface area contributed by atoms with Crippen molar-refractivity contribution in [3.8, 4) is 5.75 Å². The molecule has 0 aromatic heterocycles. The number of hydrogen-bond donors (Lipinski definition) is 0. The molecule has 0 atom stereocenters. The molecule has 1 fully saturated rings. The van der Waals surface area contributed by atoms with Gasteiger partial charge in [-0.15, -0.1) is 0 Å². The van der Waals surface area contributed by atoms with Crippen LogP contribution in [-0.2, 0) is 0 Å². The number of anilines is 2. The number of hydrogen-bond acceptors (Lipinski definition) is 3. The number of nitrogens with zero attached hydrogens (tertiary/aromatic N) is 2. The van der Waals surface area contributed by atoms with Crippen LogP contribution in [0, 0.1) is 0 Å². The number of para-hydroxylation sites is 1. The first-order valence-corrected chi connectivity index (χ1v) is 9.24. The van der Waals surface area contributed by atoms with E-state index < -0.39 is 0 Å². The minimum atomic E-state index is -0.172. The molecular formula is C22H30N2O. The van der Waals surface area contributed by atoms with E-state index in [1.54, 1.807) is 0 Å². The van der Waals surface area contributed by atoms with E-state index in [9.17, 15) is 0 Å². The molecule has 25 heavy (non-hydrogen) atoms.